The molecule has 156 valence electrons. The zero-order valence-electron chi connectivity index (χ0n) is 15.8. The van der Waals surface area contributed by atoms with Crippen molar-refractivity contribution in [2.24, 2.45) is 0 Å². The average molecular weight is 405 g/mol. The second-order valence-electron chi connectivity index (χ2n) is 8.36. The number of halogens is 4. The molecule has 0 radical (unpaired) electrons. The van der Waals surface area contributed by atoms with Crippen molar-refractivity contribution in [2.45, 2.75) is 63.1 Å². The lowest BCUT2D eigenvalue weighted by molar-refractivity contribution is -0.143. The van der Waals surface area contributed by atoms with Crippen LogP contribution in [0.2, 0.25) is 0 Å². The molecule has 2 bridgehead atoms. The number of rotatable bonds is 1. The fourth-order valence-corrected chi connectivity index (χ4v) is 3.86. The van der Waals surface area contributed by atoms with Crippen molar-refractivity contribution in [1.29, 1.82) is 0 Å². The SMILES string of the molecule is CC(C)(C)OC(=O)N1C2COCC1CC(O)(c1ccc(C(F)(F)F)c(F)c1)C2. The number of alkyl halides is 3. The van der Waals surface area contributed by atoms with Crippen molar-refractivity contribution in [3.05, 3.63) is 35.1 Å². The van der Waals surface area contributed by atoms with Crippen molar-refractivity contribution >= 4 is 6.09 Å². The van der Waals surface area contributed by atoms with Crippen LogP contribution in [0.1, 0.15) is 44.7 Å². The van der Waals surface area contributed by atoms with E-state index in [0.29, 0.717) is 6.07 Å². The Morgan fingerprint density at radius 2 is 1.79 bits per heavy atom. The third-order valence-electron chi connectivity index (χ3n) is 4.97. The molecule has 1 amide bonds. The summed E-state index contributed by atoms with van der Waals surface area (Å²) in [5.74, 6) is -1.44. The Morgan fingerprint density at radius 3 is 2.25 bits per heavy atom. The third kappa shape index (κ3) is 4.10. The molecular weight excluding hydrogens is 382 g/mol. The molecule has 2 aliphatic rings. The molecular formula is C19H23F4NO4. The molecule has 9 heteroatoms. The van der Waals surface area contributed by atoms with E-state index in [9.17, 15) is 27.5 Å². The Labute approximate surface area is 160 Å². The van der Waals surface area contributed by atoms with Gasteiger partial charge in [0.05, 0.1) is 36.5 Å². The standard InChI is InChI=1S/C19H23F4NO4/c1-17(2,3)28-16(25)24-12-7-18(26,8-13(24)10-27-9-12)11-4-5-14(15(20)6-11)19(21,22)23/h4-6,12-13,26H,7-10H2,1-3H3. The smallest absolute Gasteiger partial charge is 0.419 e. The van der Waals surface area contributed by atoms with Crippen molar-refractivity contribution < 1.29 is 36.9 Å². The minimum Gasteiger partial charge on any atom is -0.444 e. The first-order valence-electron chi connectivity index (χ1n) is 8.99. The number of piperidine rings is 1. The van der Waals surface area contributed by atoms with Gasteiger partial charge >= 0.3 is 12.3 Å². The summed E-state index contributed by atoms with van der Waals surface area (Å²) in [6.45, 7) is 5.52. The van der Waals surface area contributed by atoms with Gasteiger partial charge < -0.3 is 14.6 Å². The second kappa shape index (κ2) is 6.88. The first kappa shape index (κ1) is 20.9. The van der Waals surface area contributed by atoms with Crippen LogP contribution in [0, 0.1) is 5.82 Å². The number of hydrogen-bond acceptors (Lipinski definition) is 4. The van der Waals surface area contributed by atoms with Gasteiger partial charge in [0.15, 0.2) is 0 Å². The average Bonchev–Trinajstić information content (AvgIpc) is 2.50. The predicted molar refractivity (Wildman–Crippen MR) is 91.0 cm³/mol. The lowest BCUT2D eigenvalue weighted by Gasteiger charge is -2.51. The molecule has 2 fully saturated rings. The van der Waals surface area contributed by atoms with E-state index in [1.165, 1.54) is 4.90 Å². The van der Waals surface area contributed by atoms with Gasteiger partial charge in [-0.2, -0.15) is 13.2 Å². The van der Waals surface area contributed by atoms with Gasteiger partial charge in [0, 0.05) is 12.8 Å². The monoisotopic (exact) mass is 405 g/mol. The van der Waals surface area contributed by atoms with Gasteiger partial charge in [-0.05, 0) is 38.5 Å². The highest BCUT2D eigenvalue weighted by Gasteiger charge is 2.50. The van der Waals surface area contributed by atoms with Crippen LogP contribution in [0.5, 0.6) is 0 Å². The molecule has 0 spiro atoms. The zero-order chi connectivity index (χ0) is 20.9. The number of fused-ring (bicyclic) bond motifs is 2. The van der Waals surface area contributed by atoms with Gasteiger partial charge in [-0.15, -0.1) is 0 Å². The topological polar surface area (TPSA) is 59.0 Å². The van der Waals surface area contributed by atoms with Gasteiger partial charge in [0.25, 0.3) is 0 Å². The first-order valence-corrected chi connectivity index (χ1v) is 8.99. The van der Waals surface area contributed by atoms with E-state index >= 15 is 0 Å². The highest BCUT2D eigenvalue weighted by molar-refractivity contribution is 5.69. The van der Waals surface area contributed by atoms with Crippen molar-refractivity contribution in [3.8, 4) is 0 Å². The Balaban J connectivity index is 1.86. The fourth-order valence-electron chi connectivity index (χ4n) is 3.86. The van der Waals surface area contributed by atoms with Gasteiger partial charge in [-0.3, -0.25) is 4.90 Å². The maximum absolute atomic E-state index is 14.0. The number of hydrogen-bond donors (Lipinski definition) is 1. The Hall–Kier alpha value is -1.87. The number of aliphatic hydroxyl groups is 1. The molecule has 5 nitrogen and oxygen atoms in total. The van der Waals surface area contributed by atoms with E-state index in [2.05, 4.69) is 0 Å². The van der Waals surface area contributed by atoms with Crippen LogP contribution in [0.25, 0.3) is 0 Å². The lowest BCUT2D eigenvalue weighted by Crippen LogP contribution is -2.63. The normalized spacial score (nSPS) is 28.2. The summed E-state index contributed by atoms with van der Waals surface area (Å²) >= 11 is 0. The van der Waals surface area contributed by atoms with Crippen LogP contribution >= 0.6 is 0 Å². The highest BCUT2D eigenvalue weighted by Crippen LogP contribution is 2.43. The number of nitrogens with zero attached hydrogens (tertiary/aromatic N) is 1. The maximum atomic E-state index is 14.0. The maximum Gasteiger partial charge on any atom is 0.419 e. The molecule has 28 heavy (non-hydrogen) atoms. The number of ether oxygens (including phenoxy) is 2. The molecule has 0 aliphatic carbocycles. The van der Waals surface area contributed by atoms with E-state index in [0.717, 1.165) is 12.1 Å². The van der Waals surface area contributed by atoms with Crippen molar-refractivity contribution in [3.63, 3.8) is 0 Å². The molecule has 2 saturated heterocycles. The van der Waals surface area contributed by atoms with Gasteiger partial charge in [-0.1, -0.05) is 6.07 Å². The van der Waals surface area contributed by atoms with E-state index in [1.807, 2.05) is 0 Å². The summed E-state index contributed by atoms with van der Waals surface area (Å²) in [6, 6.07) is 1.39. The molecule has 2 aliphatic heterocycles. The zero-order valence-corrected chi connectivity index (χ0v) is 15.8. The number of morpholine rings is 1. The fraction of sp³-hybridized carbons (Fsp3) is 0.632. The number of benzene rings is 1. The second-order valence-corrected chi connectivity index (χ2v) is 8.36. The number of carbonyl (C=O) groups is 1. The minimum absolute atomic E-state index is 0.00749. The molecule has 2 unspecified atom stereocenters. The molecule has 1 N–H and O–H groups in total. The third-order valence-corrected chi connectivity index (χ3v) is 4.97. The van der Waals surface area contributed by atoms with Crippen LogP contribution in [-0.4, -0.2) is 47.0 Å². The predicted octanol–water partition coefficient (Wildman–Crippen LogP) is 3.83. The molecule has 1 aromatic carbocycles. The summed E-state index contributed by atoms with van der Waals surface area (Å²) in [4.78, 5) is 14.1. The molecule has 3 rings (SSSR count). The van der Waals surface area contributed by atoms with Crippen molar-refractivity contribution in [2.75, 3.05) is 13.2 Å². The summed E-state index contributed by atoms with van der Waals surface area (Å²) < 4.78 is 63.3. The lowest BCUT2D eigenvalue weighted by atomic mass is 9.77. The summed E-state index contributed by atoms with van der Waals surface area (Å²) in [5.41, 5.74) is -3.59. The van der Waals surface area contributed by atoms with Gasteiger partial charge in [0.1, 0.15) is 11.4 Å². The van der Waals surface area contributed by atoms with Crippen LogP contribution in [0.15, 0.2) is 18.2 Å². The quantitative estimate of drug-likeness (QED) is 0.722. The van der Waals surface area contributed by atoms with E-state index < -0.39 is 46.9 Å². The number of amides is 1. The summed E-state index contributed by atoms with van der Waals surface area (Å²) in [6.07, 6.45) is -5.33. The Bertz CT molecular complexity index is 745. The summed E-state index contributed by atoms with van der Waals surface area (Å²) in [7, 11) is 0. The van der Waals surface area contributed by atoms with E-state index in [-0.39, 0.29) is 31.6 Å². The van der Waals surface area contributed by atoms with Crippen molar-refractivity contribution in [1.82, 2.24) is 4.90 Å². The van der Waals surface area contributed by atoms with Gasteiger partial charge in [0.2, 0.25) is 0 Å². The van der Waals surface area contributed by atoms with E-state index in [1.54, 1.807) is 20.8 Å². The molecule has 1 aromatic rings. The van der Waals surface area contributed by atoms with Gasteiger partial charge in [-0.25, -0.2) is 9.18 Å². The van der Waals surface area contributed by atoms with Crippen LogP contribution in [-0.2, 0) is 21.3 Å². The van der Waals surface area contributed by atoms with E-state index in [4.69, 9.17) is 9.47 Å². The minimum atomic E-state index is -4.81. The molecule has 2 heterocycles. The highest BCUT2D eigenvalue weighted by atomic mass is 19.4. The first-order chi connectivity index (χ1) is 12.8. The van der Waals surface area contributed by atoms with Crippen LogP contribution in [0.3, 0.4) is 0 Å². The Morgan fingerprint density at radius 1 is 1.21 bits per heavy atom. The number of carbonyl (C=O) groups excluding carboxylic acids is 1. The van der Waals surface area contributed by atoms with Crippen LogP contribution < -0.4 is 0 Å². The summed E-state index contributed by atoms with van der Waals surface area (Å²) in [5, 5.41) is 11.1. The molecule has 0 saturated carbocycles. The molecule has 0 aromatic heterocycles. The van der Waals surface area contributed by atoms with Crippen LogP contribution in [0.4, 0.5) is 22.4 Å². The Kier molecular flexibility index (Phi) is 5.12. The molecule has 2 atom stereocenters. The largest absolute Gasteiger partial charge is 0.444 e.